The van der Waals surface area contributed by atoms with E-state index < -0.39 is 0 Å². The molecule has 0 amide bonds. The third-order valence-corrected chi connectivity index (χ3v) is 4.92. The number of anilines is 1. The zero-order valence-electron chi connectivity index (χ0n) is 10.1. The normalized spacial score (nSPS) is 19.1. The Morgan fingerprint density at radius 3 is 2.75 bits per heavy atom. The summed E-state index contributed by atoms with van der Waals surface area (Å²) in [6.45, 7) is 4.42. The standard InChI is InChI=1S/C13H22N2S/c1-2-13(6-3-4-7-13)10-15-9-12-11(14)5-8-16-12/h5,8,15H,2-4,6-7,9-10,14H2,1H3. The second kappa shape index (κ2) is 5.19. The van der Waals surface area contributed by atoms with Gasteiger partial charge in [0, 0.05) is 23.7 Å². The molecule has 0 radical (unpaired) electrons. The highest BCUT2D eigenvalue weighted by molar-refractivity contribution is 7.10. The second-order valence-corrected chi connectivity index (χ2v) is 5.96. The highest BCUT2D eigenvalue weighted by Gasteiger charge is 2.31. The SMILES string of the molecule is CCC1(CNCc2sccc2N)CCCC1. The fraction of sp³-hybridized carbons (Fsp3) is 0.692. The predicted octanol–water partition coefficient (Wildman–Crippen LogP) is 3.39. The van der Waals surface area contributed by atoms with Gasteiger partial charge in [-0.1, -0.05) is 19.8 Å². The highest BCUT2D eigenvalue weighted by atomic mass is 32.1. The molecule has 2 rings (SSSR count). The molecule has 1 fully saturated rings. The lowest BCUT2D eigenvalue weighted by atomic mass is 9.83. The third kappa shape index (κ3) is 2.58. The Morgan fingerprint density at radius 2 is 2.19 bits per heavy atom. The Morgan fingerprint density at radius 1 is 1.44 bits per heavy atom. The van der Waals surface area contributed by atoms with Crippen LogP contribution in [0.3, 0.4) is 0 Å². The molecule has 1 heterocycles. The molecule has 1 saturated carbocycles. The summed E-state index contributed by atoms with van der Waals surface area (Å²) in [5.41, 5.74) is 7.39. The summed E-state index contributed by atoms with van der Waals surface area (Å²) >= 11 is 1.75. The summed E-state index contributed by atoms with van der Waals surface area (Å²) in [7, 11) is 0. The van der Waals surface area contributed by atoms with Crippen LogP contribution in [0.2, 0.25) is 0 Å². The van der Waals surface area contributed by atoms with Crippen LogP contribution in [0.25, 0.3) is 0 Å². The fourth-order valence-corrected chi connectivity index (χ4v) is 3.48. The monoisotopic (exact) mass is 238 g/mol. The molecule has 90 valence electrons. The number of thiophene rings is 1. The molecule has 1 aliphatic carbocycles. The number of nitrogen functional groups attached to an aromatic ring is 1. The first-order chi connectivity index (χ1) is 7.76. The molecule has 0 spiro atoms. The molecule has 3 N–H and O–H groups in total. The van der Waals surface area contributed by atoms with Crippen molar-refractivity contribution in [3.05, 3.63) is 16.3 Å². The quantitative estimate of drug-likeness (QED) is 0.825. The van der Waals surface area contributed by atoms with Crippen LogP contribution in [0.15, 0.2) is 11.4 Å². The first-order valence-corrected chi connectivity index (χ1v) is 7.16. The van der Waals surface area contributed by atoms with Crippen LogP contribution < -0.4 is 11.1 Å². The Hall–Kier alpha value is -0.540. The van der Waals surface area contributed by atoms with E-state index in [-0.39, 0.29) is 0 Å². The molecular weight excluding hydrogens is 216 g/mol. The van der Waals surface area contributed by atoms with E-state index in [1.165, 1.54) is 37.0 Å². The van der Waals surface area contributed by atoms with Crippen molar-refractivity contribution in [1.82, 2.24) is 5.32 Å². The van der Waals surface area contributed by atoms with E-state index in [1.807, 2.05) is 6.07 Å². The average Bonchev–Trinajstić information content (AvgIpc) is 2.90. The molecule has 0 aliphatic heterocycles. The molecule has 0 saturated heterocycles. The molecule has 0 bridgehead atoms. The van der Waals surface area contributed by atoms with Gasteiger partial charge in [-0.2, -0.15) is 0 Å². The molecule has 0 aromatic carbocycles. The van der Waals surface area contributed by atoms with Crippen molar-refractivity contribution in [2.75, 3.05) is 12.3 Å². The van der Waals surface area contributed by atoms with E-state index in [0.717, 1.165) is 18.8 Å². The van der Waals surface area contributed by atoms with Crippen LogP contribution in [0, 0.1) is 5.41 Å². The highest BCUT2D eigenvalue weighted by Crippen LogP contribution is 2.40. The molecule has 1 aliphatic rings. The zero-order chi connectivity index (χ0) is 11.4. The van der Waals surface area contributed by atoms with E-state index in [2.05, 4.69) is 17.6 Å². The lowest BCUT2D eigenvalue weighted by Crippen LogP contribution is -2.31. The van der Waals surface area contributed by atoms with Crippen LogP contribution in [-0.4, -0.2) is 6.54 Å². The van der Waals surface area contributed by atoms with Crippen molar-refractivity contribution in [1.29, 1.82) is 0 Å². The van der Waals surface area contributed by atoms with Gasteiger partial charge < -0.3 is 11.1 Å². The van der Waals surface area contributed by atoms with Crippen molar-refractivity contribution in [3.8, 4) is 0 Å². The lowest BCUT2D eigenvalue weighted by Gasteiger charge is -2.27. The van der Waals surface area contributed by atoms with Crippen molar-refractivity contribution < 1.29 is 0 Å². The largest absolute Gasteiger partial charge is 0.398 e. The van der Waals surface area contributed by atoms with Crippen LogP contribution in [0.4, 0.5) is 5.69 Å². The van der Waals surface area contributed by atoms with Crippen molar-refractivity contribution in [2.45, 2.75) is 45.6 Å². The Balaban J connectivity index is 1.81. The molecule has 0 atom stereocenters. The Labute approximate surface area is 102 Å². The van der Waals surface area contributed by atoms with Crippen molar-refractivity contribution in [3.63, 3.8) is 0 Å². The molecule has 0 unspecified atom stereocenters. The van der Waals surface area contributed by atoms with Gasteiger partial charge in [-0.15, -0.1) is 11.3 Å². The van der Waals surface area contributed by atoms with Gasteiger partial charge in [-0.05, 0) is 36.1 Å². The van der Waals surface area contributed by atoms with Crippen LogP contribution >= 0.6 is 11.3 Å². The summed E-state index contributed by atoms with van der Waals surface area (Å²) in [6.07, 6.45) is 6.93. The second-order valence-electron chi connectivity index (χ2n) is 4.96. The molecular formula is C13H22N2S. The molecule has 1 aromatic heterocycles. The van der Waals surface area contributed by atoms with E-state index in [1.54, 1.807) is 11.3 Å². The van der Waals surface area contributed by atoms with E-state index >= 15 is 0 Å². The van der Waals surface area contributed by atoms with Gasteiger partial charge in [0.05, 0.1) is 0 Å². The van der Waals surface area contributed by atoms with Gasteiger partial charge in [-0.25, -0.2) is 0 Å². The number of hydrogen-bond donors (Lipinski definition) is 2. The summed E-state index contributed by atoms with van der Waals surface area (Å²) in [5, 5.41) is 5.66. The average molecular weight is 238 g/mol. The third-order valence-electron chi connectivity index (χ3n) is 3.98. The maximum Gasteiger partial charge on any atom is 0.0468 e. The summed E-state index contributed by atoms with van der Waals surface area (Å²) in [6, 6.07) is 1.99. The number of hydrogen-bond acceptors (Lipinski definition) is 3. The summed E-state index contributed by atoms with van der Waals surface area (Å²) < 4.78 is 0. The number of nitrogens with one attached hydrogen (secondary N) is 1. The van der Waals surface area contributed by atoms with Crippen LogP contribution in [0.5, 0.6) is 0 Å². The molecule has 16 heavy (non-hydrogen) atoms. The predicted molar refractivity (Wildman–Crippen MR) is 71.6 cm³/mol. The summed E-state index contributed by atoms with van der Waals surface area (Å²) in [4.78, 5) is 1.28. The number of nitrogens with two attached hydrogens (primary N) is 1. The zero-order valence-corrected chi connectivity index (χ0v) is 10.9. The Kier molecular flexibility index (Phi) is 3.87. The van der Waals surface area contributed by atoms with Gasteiger partial charge in [0.25, 0.3) is 0 Å². The molecule has 1 aromatic rings. The van der Waals surface area contributed by atoms with Gasteiger partial charge >= 0.3 is 0 Å². The van der Waals surface area contributed by atoms with E-state index in [4.69, 9.17) is 5.73 Å². The lowest BCUT2D eigenvalue weighted by molar-refractivity contribution is 0.268. The van der Waals surface area contributed by atoms with Crippen molar-refractivity contribution >= 4 is 17.0 Å². The van der Waals surface area contributed by atoms with Crippen LogP contribution in [-0.2, 0) is 6.54 Å². The molecule has 3 heteroatoms. The van der Waals surface area contributed by atoms with Crippen LogP contribution in [0.1, 0.15) is 43.9 Å². The topological polar surface area (TPSA) is 38.0 Å². The van der Waals surface area contributed by atoms with E-state index in [0.29, 0.717) is 5.41 Å². The minimum atomic E-state index is 0.575. The maximum absolute atomic E-state index is 5.87. The molecule has 2 nitrogen and oxygen atoms in total. The minimum absolute atomic E-state index is 0.575. The minimum Gasteiger partial charge on any atom is -0.398 e. The number of rotatable bonds is 5. The van der Waals surface area contributed by atoms with Gasteiger partial charge in [0.2, 0.25) is 0 Å². The fourth-order valence-electron chi connectivity index (χ4n) is 2.72. The Bertz CT molecular complexity index is 326. The maximum atomic E-state index is 5.87. The van der Waals surface area contributed by atoms with Gasteiger partial charge in [-0.3, -0.25) is 0 Å². The smallest absolute Gasteiger partial charge is 0.0468 e. The first-order valence-electron chi connectivity index (χ1n) is 6.28. The summed E-state index contributed by atoms with van der Waals surface area (Å²) in [5.74, 6) is 0. The van der Waals surface area contributed by atoms with Gasteiger partial charge in [0.1, 0.15) is 0 Å². The first kappa shape index (κ1) is 11.9. The van der Waals surface area contributed by atoms with Crippen molar-refractivity contribution in [2.24, 2.45) is 5.41 Å². The van der Waals surface area contributed by atoms with Gasteiger partial charge in [0.15, 0.2) is 0 Å². The van der Waals surface area contributed by atoms with E-state index in [9.17, 15) is 0 Å².